The van der Waals surface area contributed by atoms with Crippen molar-refractivity contribution in [2.75, 3.05) is 26.8 Å². The number of hydrogen-bond donors (Lipinski definition) is 1. The molecule has 174 valence electrons. The maximum absolute atomic E-state index is 13.4. The third-order valence-corrected chi connectivity index (χ3v) is 6.46. The molecule has 0 aliphatic carbocycles. The minimum atomic E-state index is -0.222. The first kappa shape index (κ1) is 23.9. The highest BCUT2D eigenvalue weighted by molar-refractivity contribution is 7.10. The van der Waals surface area contributed by atoms with Gasteiger partial charge in [0.1, 0.15) is 24.7 Å². The van der Waals surface area contributed by atoms with E-state index in [9.17, 15) is 9.59 Å². The van der Waals surface area contributed by atoms with Crippen LogP contribution in [0.4, 0.5) is 4.79 Å². The molecule has 1 N–H and O–H groups in total. The molecule has 1 aliphatic heterocycles. The molecule has 32 heavy (non-hydrogen) atoms. The number of nitrogens with zero attached hydrogens (tertiary/aromatic N) is 2. The van der Waals surface area contributed by atoms with Crippen LogP contribution >= 0.6 is 11.3 Å². The van der Waals surface area contributed by atoms with E-state index in [2.05, 4.69) is 16.8 Å². The lowest BCUT2D eigenvalue weighted by atomic mass is 10.0. The first-order chi connectivity index (χ1) is 15.3. The smallest absolute Gasteiger partial charge is 0.318 e. The molecule has 1 aromatic heterocycles. The molecule has 0 spiro atoms. The topological polar surface area (TPSA) is 71.1 Å². The van der Waals surface area contributed by atoms with E-state index < -0.39 is 0 Å². The van der Waals surface area contributed by atoms with Crippen molar-refractivity contribution in [3.63, 3.8) is 0 Å². The molecule has 1 aromatic carbocycles. The summed E-state index contributed by atoms with van der Waals surface area (Å²) in [5, 5.41) is 4.96. The third kappa shape index (κ3) is 5.73. The quantitative estimate of drug-likeness (QED) is 0.646. The second-order valence-electron chi connectivity index (χ2n) is 8.47. The second-order valence-corrected chi connectivity index (χ2v) is 9.47. The van der Waals surface area contributed by atoms with Crippen molar-refractivity contribution in [1.29, 1.82) is 0 Å². The Hall–Kier alpha value is -2.74. The Balaban J connectivity index is 1.77. The Labute approximate surface area is 194 Å². The first-order valence-corrected chi connectivity index (χ1v) is 11.9. The Morgan fingerprint density at radius 1 is 1.22 bits per heavy atom. The highest BCUT2D eigenvalue weighted by atomic mass is 32.1. The van der Waals surface area contributed by atoms with Crippen LogP contribution in [0.2, 0.25) is 0 Å². The molecule has 3 rings (SSSR count). The van der Waals surface area contributed by atoms with Gasteiger partial charge in [0.25, 0.3) is 0 Å². The first-order valence-electron chi connectivity index (χ1n) is 11.0. The summed E-state index contributed by atoms with van der Waals surface area (Å²) in [6.07, 6.45) is 0.814. The van der Waals surface area contributed by atoms with Crippen molar-refractivity contribution in [3.8, 4) is 11.5 Å². The zero-order valence-electron chi connectivity index (χ0n) is 19.5. The predicted octanol–water partition coefficient (Wildman–Crippen LogP) is 4.09. The summed E-state index contributed by atoms with van der Waals surface area (Å²) in [5.41, 5.74) is 1.13. The van der Waals surface area contributed by atoms with Crippen LogP contribution in [0.5, 0.6) is 11.5 Å². The van der Waals surface area contributed by atoms with Gasteiger partial charge in [0.05, 0.1) is 13.2 Å². The van der Waals surface area contributed by atoms with Gasteiger partial charge in [0.15, 0.2) is 0 Å². The highest BCUT2D eigenvalue weighted by Crippen LogP contribution is 2.34. The van der Waals surface area contributed by atoms with Gasteiger partial charge in [-0.3, -0.25) is 4.79 Å². The van der Waals surface area contributed by atoms with Crippen molar-refractivity contribution in [2.45, 2.75) is 52.2 Å². The Morgan fingerprint density at radius 3 is 2.66 bits per heavy atom. The molecule has 0 radical (unpaired) electrons. The number of methoxy groups -OCH3 is 1. The van der Waals surface area contributed by atoms with Crippen LogP contribution in [-0.2, 0) is 11.2 Å². The predicted molar refractivity (Wildman–Crippen MR) is 126 cm³/mol. The lowest BCUT2D eigenvalue weighted by Gasteiger charge is -2.37. The number of rotatable bonds is 8. The summed E-state index contributed by atoms with van der Waals surface area (Å²) >= 11 is 1.71. The maximum Gasteiger partial charge on any atom is 0.318 e. The number of urea groups is 1. The summed E-state index contributed by atoms with van der Waals surface area (Å²) < 4.78 is 11.4. The van der Waals surface area contributed by atoms with Crippen molar-refractivity contribution in [3.05, 3.63) is 46.2 Å². The van der Waals surface area contributed by atoms with Gasteiger partial charge in [0, 0.05) is 29.6 Å². The van der Waals surface area contributed by atoms with E-state index in [1.54, 1.807) is 23.3 Å². The third-order valence-electron chi connectivity index (χ3n) is 5.47. The molecule has 8 heteroatoms. The zero-order valence-corrected chi connectivity index (χ0v) is 20.3. The van der Waals surface area contributed by atoms with Gasteiger partial charge >= 0.3 is 6.03 Å². The fourth-order valence-electron chi connectivity index (χ4n) is 3.80. The van der Waals surface area contributed by atoms with Crippen LogP contribution in [0.1, 0.15) is 44.2 Å². The summed E-state index contributed by atoms with van der Waals surface area (Å²) in [6, 6.07) is 9.02. The standard InChI is InChI=1S/C24H33N3O4S/c1-16(2)25-24(29)27(17(3)4)14-23(28)26-11-9-22-20(10-12-32-22)21(26)15-31-19-8-6-7-18(13-19)30-5/h6-8,10,12-13,16-17,21H,9,11,14-15H2,1-5H3,(H,25,29). The fourth-order valence-corrected chi connectivity index (χ4v) is 4.72. The van der Waals surface area contributed by atoms with E-state index in [0.717, 1.165) is 17.7 Å². The molecule has 0 bridgehead atoms. The van der Waals surface area contributed by atoms with Gasteiger partial charge < -0.3 is 24.6 Å². The second kappa shape index (κ2) is 10.7. The number of nitrogens with one attached hydrogen (secondary N) is 1. The van der Waals surface area contributed by atoms with E-state index in [-0.39, 0.29) is 36.6 Å². The van der Waals surface area contributed by atoms with Gasteiger partial charge in [-0.2, -0.15) is 0 Å². The molecule has 1 atom stereocenters. The molecule has 7 nitrogen and oxygen atoms in total. The summed E-state index contributed by atoms with van der Waals surface area (Å²) in [7, 11) is 1.62. The molecule has 2 aromatic rings. The van der Waals surface area contributed by atoms with Crippen LogP contribution in [-0.4, -0.2) is 60.6 Å². The minimum Gasteiger partial charge on any atom is -0.497 e. The fraction of sp³-hybridized carbons (Fsp3) is 0.500. The van der Waals surface area contributed by atoms with Gasteiger partial charge in [-0.25, -0.2) is 4.79 Å². The van der Waals surface area contributed by atoms with Crippen LogP contribution in [0.25, 0.3) is 0 Å². The van der Waals surface area contributed by atoms with E-state index in [0.29, 0.717) is 18.9 Å². The van der Waals surface area contributed by atoms with E-state index >= 15 is 0 Å². The molecule has 0 saturated carbocycles. The summed E-state index contributed by atoms with van der Waals surface area (Å²) in [5.74, 6) is 1.34. The number of fused-ring (bicyclic) bond motifs is 1. The van der Waals surface area contributed by atoms with Gasteiger partial charge in [-0.05, 0) is 63.3 Å². The summed E-state index contributed by atoms with van der Waals surface area (Å²) in [6.45, 7) is 8.64. The lowest BCUT2D eigenvalue weighted by Crippen LogP contribution is -2.52. The van der Waals surface area contributed by atoms with Crippen molar-refractivity contribution in [2.24, 2.45) is 0 Å². The average Bonchev–Trinajstić information content (AvgIpc) is 3.24. The van der Waals surface area contributed by atoms with Crippen LogP contribution in [0.15, 0.2) is 35.7 Å². The van der Waals surface area contributed by atoms with Crippen LogP contribution in [0.3, 0.4) is 0 Å². The number of hydrogen-bond acceptors (Lipinski definition) is 5. The lowest BCUT2D eigenvalue weighted by molar-refractivity contribution is -0.135. The van der Waals surface area contributed by atoms with Gasteiger partial charge in [0.2, 0.25) is 5.91 Å². The van der Waals surface area contributed by atoms with E-state index in [1.807, 2.05) is 56.9 Å². The average molecular weight is 460 g/mol. The van der Waals surface area contributed by atoms with Gasteiger partial charge in [-0.15, -0.1) is 11.3 Å². The van der Waals surface area contributed by atoms with E-state index in [1.165, 1.54) is 4.88 Å². The van der Waals surface area contributed by atoms with E-state index in [4.69, 9.17) is 9.47 Å². The number of carbonyl (C=O) groups excluding carboxylic acids is 2. The monoisotopic (exact) mass is 459 g/mol. The minimum absolute atomic E-state index is 0.00576. The molecule has 0 fully saturated rings. The molecule has 3 amide bonds. The zero-order chi connectivity index (χ0) is 23.3. The molecular formula is C24H33N3O4S. The van der Waals surface area contributed by atoms with Crippen LogP contribution < -0.4 is 14.8 Å². The Morgan fingerprint density at radius 2 is 1.97 bits per heavy atom. The highest BCUT2D eigenvalue weighted by Gasteiger charge is 2.34. The Kier molecular flexibility index (Phi) is 8.01. The maximum atomic E-state index is 13.4. The molecule has 0 saturated heterocycles. The summed E-state index contributed by atoms with van der Waals surface area (Å²) in [4.78, 5) is 30.7. The van der Waals surface area contributed by atoms with Crippen molar-refractivity contribution < 1.29 is 19.1 Å². The van der Waals surface area contributed by atoms with Gasteiger partial charge in [-0.1, -0.05) is 6.07 Å². The number of thiophene rings is 1. The van der Waals surface area contributed by atoms with Crippen LogP contribution in [0, 0.1) is 0 Å². The molecular weight excluding hydrogens is 426 g/mol. The Bertz CT molecular complexity index is 927. The molecule has 2 heterocycles. The molecule has 1 aliphatic rings. The molecule has 1 unspecified atom stereocenters. The van der Waals surface area contributed by atoms with Crippen molar-refractivity contribution >= 4 is 23.3 Å². The normalized spacial score (nSPS) is 15.5. The largest absolute Gasteiger partial charge is 0.497 e. The number of ether oxygens (including phenoxy) is 2. The number of carbonyl (C=O) groups is 2. The number of amides is 3. The SMILES string of the molecule is COc1cccc(OCC2c3ccsc3CCN2C(=O)CN(C(=O)NC(C)C)C(C)C)c1. The van der Waals surface area contributed by atoms with Crippen molar-refractivity contribution in [1.82, 2.24) is 15.1 Å². The number of benzene rings is 1.